The largest absolute Gasteiger partial charge is 0.444 e. The second kappa shape index (κ2) is 5.31. The topological polar surface area (TPSA) is 38.8 Å². The van der Waals surface area contributed by atoms with Gasteiger partial charge < -0.3 is 14.4 Å². The average Bonchev–Trinajstić information content (AvgIpc) is 2.11. The number of likely N-dealkylation sites (tertiary alicyclic amines) is 1. The van der Waals surface area contributed by atoms with Crippen LogP contribution in [0.3, 0.4) is 0 Å². The highest BCUT2D eigenvalue weighted by Gasteiger charge is 2.36. The molecule has 1 aliphatic heterocycles. The van der Waals surface area contributed by atoms with E-state index in [-0.39, 0.29) is 17.3 Å². The number of hydrogen-bond donors (Lipinski definition) is 0. The second-order valence-corrected chi connectivity index (χ2v) is 7.63. The van der Waals surface area contributed by atoms with E-state index in [2.05, 4.69) is 27.7 Å². The number of carbonyl (C=O) groups is 1. The zero-order valence-corrected chi connectivity index (χ0v) is 13.5. The Morgan fingerprint density at radius 1 is 1.00 bits per heavy atom. The molecule has 19 heavy (non-hydrogen) atoms. The molecule has 4 nitrogen and oxygen atoms in total. The Balaban J connectivity index is 2.51. The van der Waals surface area contributed by atoms with Crippen LogP contribution in [0.1, 0.15) is 61.3 Å². The molecule has 0 spiro atoms. The van der Waals surface area contributed by atoms with E-state index in [1.165, 1.54) is 0 Å². The van der Waals surface area contributed by atoms with Crippen molar-refractivity contribution in [3.05, 3.63) is 0 Å². The molecule has 0 atom stereocenters. The molecule has 1 fully saturated rings. The summed E-state index contributed by atoms with van der Waals surface area (Å²) in [5.74, 6) is 0. The molecule has 0 aromatic heterocycles. The Kier molecular flexibility index (Phi) is 4.55. The van der Waals surface area contributed by atoms with E-state index in [4.69, 9.17) is 9.47 Å². The third kappa shape index (κ3) is 5.81. The van der Waals surface area contributed by atoms with Crippen molar-refractivity contribution in [3.8, 4) is 0 Å². The third-order valence-electron chi connectivity index (χ3n) is 3.03. The van der Waals surface area contributed by atoms with Crippen molar-refractivity contribution in [2.24, 2.45) is 0 Å². The fraction of sp³-hybridized carbons (Fsp3) is 0.933. The summed E-state index contributed by atoms with van der Waals surface area (Å²) in [7, 11) is 0. The summed E-state index contributed by atoms with van der Waals surface area (Å²) in [6.45, 7) is 15.4. The summed E-state index contributed by atoms with van der Waals surface area (Å²) in [4.78, 5) is 13.7. The molecular weight excluding hydrogens is 242 g/mol. The first-order valence-corrected chi connectivity index (χ1v) is 7.08. The third-order valence-corrected chi connectivity index (χ3v) is 3.03. The van der Waals surface area contributed by atoms with Gasteiger partial charge in [-0.15, -0.1) is 0 Å². The molecule has 0 unspecified atom stereocenters. The lowest BCUT2D eigenvalue weighted by molar-refractivity contribution is -0.144. The van der Waals surface area contributed by atoms with Crippen molar-refractivity contribution in [2.45, 2.75) is 78.1 Å². The van der Waals surface area contributed by atoms with E-state index >= 15 is 0 Å². The SMILES string of the molecule is CC(C)(C)OC(=O)N1CCC(C)(OC(C)(C)C)CC1. The van der Waals surface area contributed by atoms with Gasteiger partial charge in [0, 0.05) is 13.1 Å². The molecule has 1 saturated heterocycles. The van der Waals surface area contributed by atoms with E-state index in [9.17, 15) is 4.79 Å². The first kappa shape index (κ1) is 16.3. The van der Waals surface area contributed by atoms with Crippen LogP contribution in [0.4, 0.5) is 4.79 Å². The van der Waals surface area contributed by atoms with Crippen LogP contribution in [0.2, 0.25) is 0 Å². The zero-order chi connectivity index (χ0) is 14.9. The molecule has 112 valence electrons. The van der Waals surface area contributed by atoms with Crippen molar-refractivity contribution >= 4 is 6.09 Å². The Labute approximate surface area is 117 Å². The van der Waals surface area contributed by atoms with E-state index in [1.54, 1.807) is 4.90 Å². The molecule has 0 saturated carbocycles. The highest BCUT2D eigenvalue weighted by Crippen LogP contribution is 2.31. The van der Waals surface area contributed by atoms with Crippen LogP contribution in [0.25, 0.3) is 0 Å². The number of piperidine rings is 1. The number of carbonyl (C=O) groups excluding carboxylic acids is 1. The maximum atomic E-state index is 12.0. The molecular formula is C15H29NO3. The number of amides is 1. The van der Waals surface area contributed by atoms with Crippen LogP contribution < -0.4 is 0 Å². The molecule has 0 radical (unpaired) electrons. The average molecular weight is 271 g/mol. The number of hydrogen-bond acceptors (Lipinski definition) is 3. The van der Waals surface area contributed by atoms with Gasteiger partial charge in [-0.25, -0.2) is 4.79 Å². The molecule has 1 heterocycles. The van der Waals surface area contributed by atoms with Gasteiger partial charge in [-0.1, -0.05) is 0 Å². The maximum Gasteiger partial charge on any atom is 0.410 e. The second-order valence-electron chi connectivity index (χ2n) is 7.63. The molecule has 1 aliphatic rings. The zero-order valence-electron chi connectivity index (χ0n) is 13.5. The molecule has 1 amide bonds. The van der Waals surface area contributed by atoms with E-state index in [1.807, 2.05) is 20.8 Å². The van der Waals surface area contributed by atoms with Gasteiger partial charge in [0.25, 0.3) is 0 Å². The summed E-state index contributed by atoms with van der Waals surface area (Å²) in [6, 6.07) is 0. The van der Waals surface area contributed by atoms with Gasteiger partial charge in [-0.05, 0) is 61.3 Å². The molecule has 0 aliphatic carbocycles. The minimum atomic E-state index is -0.431. The van der Waals surface area contributed by atoms with Crippen LogP contribution >= 0.6 is 0 Å². The summed E-state index contributed by atoms with van der Waals surface area (Å²) < 4.78 is 11.5. The number of rotatable bonds is 1. The van der Waals surface area contributed by atoms with Crippen LogP contribution in [-0.2, 0) is 9.47 Å². The first-order valence-electron chi connectivity index (χ1n) is 7.08. The summed E-state index contributed by atoms with van der Waals surface area (Å²) in [5.41, 5.74) is -0.723. The quantitative estimate of drug-likeness (QED) is 0.731. The standard InChI is InChI=1S/C15H29NO3/c1-13(2,3)18-12(17)16-10-8-15(7,9-11-16)19-14(4,5)6/h8-11H2,1-7H3. The predicted octanol–water partition coefficient (Wildman–Crippen LogP) is 3.59. The minimum absolute atomic E-state index is 0.142. The van der Waals surface area contributed by atoms with E-state index in [0.29, 0.717) is 13.1 Å². The summed E-state index contributed by atoms with van der Waals surface area (Å²) >= 11 is 0. The monoisotopic (exact) mass is 271 g/mol. The summed E-state index contributed by atoms with van der Waals surface area (Å²) in [6.07, 6.45) is 1.48. The fourth-order valence-corrected chi connectivity index (χ4v) is 2.33. The van der Waals surface area contributed by atoms with Gasteiger partial charge >= 0.3 is 6.09 Å². The lowest BCUT2D eigenvalue weighted by Gasteiger charge is -2.43. The Morgan fingerprint density at radius 3 is 1.84 bits per heavy atom. The fourth-order valence-electron chi connectivity index (χ4n) is 2.33. The van der Waals surface area contributed by atoms with Crippen molar-refractivity contribution in [2.75, 3.05) is 13.1 Å². The van der Waals surface area contributed by atoms with E-state index < -0.39 is 5.60 Å². The highest BCUT2D eigenvalue weighted by atomic mass is 16.6. The van der Waals surface area contributed by atoms with Crippen molar-refractivity contribution < 1.29 is 14.3 Å². The van der Waals surface area contributed by atoms with Crippen LogP contribution in [-0.4, -0.2) is 40.9 Å². The van der Waals surface area contributed by atoms with Gasteiger partial charge in [0.2, 0.25) is 0 Å². The maximum absolute atomic E-state index is 12.0. The Morgan fingerprint density at radius 2 is 1.47 bits per heavy atom. The number of nitrogens with zero attached hydrogens (tertiary/aromatic N) is 1. The van der Waals surface area contributed by atoms with Crippen LogP contribution in [0.15, 0.2) is 0 Å². The summed E-state index contributed by atoms with van der Waals surface area (Å²) in [5, 5.41) is 0. The van der Waals surface area contributed by atoms with Gasteiger partial charge in [0.05, 0.1) is 11.2 Å². The van der Waals surface area contributed by atoms with Crippen LogP contribution in [0, 0.1) is 0 Å². The molecule has 4 heteroatoms. The Bertz CT molecular complexity index is 317. The highest BCUT2D eigenvalue weighted by molar-refractivity contribution is 5.68. The van der Waals surface area contributed by atoms with Gasteiger partial charge in [0.1, 0.15) is 5.60 Å². The molecule has 0 bridgehead atoms. The van der Waals surface area contributed by atoms with E-state index in [0.717, 1.165) is 12.8 Å². The first-order chi connectivity index (χ1) is 8.40. The van der Waals surface area contributed by atoms with Gasteiger partial charge in [0.15, 0.2) is 0 Å². The van der Waals surface area contributed by atoms with Crippen molar-refractivity contribution in [1.29, 1.82) is 0 Å². The lowest BCUT2D eigenvalue weighted by atomic mass is 9.92. The molecule has 0 aromatic rings. The Hall–Kier alpha value is -0.770. The lowest BCUT2D eigenvalue weighted by Crippen LogP contribution is -2.50. The normalized spacial score (nSPS) is 20.3. The molecule has 0 aromatic carbocycles. The number of ether oxygens (including phenoxy) is 2. The van der Waals surface area contributed by atoms with Gasteiger partial charge in [-0.3, -0.25) is 0 Å². The van der Waals surface area contributed by atoms with Crippen molar-refractivity contribution in [3.63, 3.8) is 0 Å². The smallest absolute Gasteiger partial charge is 0.410 e. The van der Waals surface area contributed by atoms with Crippen molar-refractivity contribution in [1.82, 2.24) is 4.90 Å². The van der Waals surface area contributed by atoms with Gasteiger partial charge in [-0.2, -0.15) is 0 Å². The molecule has 1 rings (SSSR count). The minimum Gasteiger partial charge on any atom is -0.444 e. The van der Waals surface area contributed by atoms with Crippen LogP contribution in [0.5, 0.6) is 0 Å². The predicted molar refractivity (Wildman–Crippen MR) is 76.3 cm³/mol. The molecule has 0 N–H and O–H groups in total.